The smallest absolute Gasteiger partial charge is 0.323 e. The van der Waals surface area contributed by atoms with E-state index < -0.39 is 0 Å². The topological polar surface area (TPSA) is 80.8 Å². The van der Waals surface area contributed by atoms with Crippen molar-refractivity contribution in [2.75, 3.05) is 26.0 Å². The molecule has 7 nitrogen and oxygen atoms in total. The first kappa shape index (κ1) is 25.4. The van der Waals surface area contributed by atoms with Crippen LogP contribution >= 0.6 is 8.58 Å². The largest absolute Gasteiger partial charge is 0.389 e. The van der Waals surface area contributed by atoms with E-state index in [0.29, 0.717) is 8.58 Å². The normalized spacial score (nSPS) is 19.4. The Morgan fingerprint density at radius 1 is 1.38 bits per heavy atom. The van der Waals surface area contributed by atoms with Crippen molar-refractivity contribution in [3.8, 4) is 0 Å². The number of carbonyl (C=O) groups excluding carboxylic acids is 1. The van der Waals surface area contributed by atoms with Crippen LogP contribution in [0.15, 0.2) is 77.1 Å². The summed E-state index contributed by atoms with van der Waals surface area (Å²) in [5.74, 6) is 0.138. The monoisotopic (exact) mass is 454 g/mol. The maximum atomic E-state index is 12.3. The number of nitrogens with zero attached hydrogens (tertiary/aromatic N) is 2. The molecule has 1 aliphatic rings. The van der Waals surface area contributed by atoms with Crippen LogP contribution in [0.4, 0.5) is 10.5 Å². The summed E-state index contributed by atoms with van der Waals surface area (Å²) in [5, 5.41) is 13.5. The quantitative estimate of drug-likeness (QED) is 0.327. The lowest BCUT2D eigenvalue weighted by Crippen LogP contribution is -2.31. The molecule has 0 aliphatic carbocycles. The Bertz CT molecular complexity index is 919. The van der Waals surface area contributed by atoms with E-state index in [4.69, 9.17) is 0 Å². The van der Waals surface area contributed by atoms with Crippen molar-refractivity contribution < 1.29 is 4.79 Å². The van der Waals surface area contributed by atoms with Gasteiger partial charge < -0.3 is 20.9 Å². The predicted molar refractivity (Wildman–Crippen MR) is 138 cm³/mol. The number of anilines is 1. The third-order valence-electron chi connectivity index (χ3n) is 4.56. The average Bonchev–Trinajstić information content (AvgIpc) is 2.73. The predicted octanol–water partition coefficient (Wildman–Crippen LogP) is 4.49. The van der Waals surface area contributed by atoms with E-state index in [1.165, 1.54) is 0 Å². The Morgan fingerprint density at radius 2 is 2.16 bits per heavy atom. The molecule has 4 N–H and O–H groups in total. The van der Waals surface area contributed by atoms with Crippen molar-refractivity contribution in [2.24, 2.45) is 4.99 Å². The van der Waals surface area contributed by atoms with Crippen LogP contribution in [0.3, 0.4) is 0 Å². The number of carbonyl (C=O) groups is 1. The van der Waals surface area contributed by atoms with E-state index in [-0.39, 0.29) is 17.9 Å². The third-order valence-corrected chi connectivity index (χ3v) is 5.79. The van der Waals surface area contributed by atoms with Gasteiger partial charge in [0.25, 0.3) is 0 Å². The van der Waals surface area contributed by atoms with Gasteiger partial charge in [-0.15, -0.1) is 0 Å². The van der Waals surface area contributed by atoms with Crippen molar-refractivity contribution in [3.05, 3.63) is 77.7 Å². The Kier molecular flexibility index (Phi) is 10.2. The first-order valence-electron chi connectivity index (χ1n) is 10.7. The van der Waals surface area contributed by atoms with Gasteiger partial charge >= 0.3 is 6.03 Å². The summed E-state index contributed by atoms with van der Waals surface area (Å²) in [7, 11) is 4.42. The maximum absolute atomic E-state index is 12.3. The molecule has 0 fully saturated rings. The summed E-state index contributed by atoms with van der Waals surface area (Å²) in [6, 6.07) is 7.67. The summed E-state index contributed by atoms with van der Waals surface area (Å²) < 4.78 is 0. The zero-order valence-electron chi connectivity index (χ0n) is 19.6. The molecule has 1 heterocycles. The van der Waals surface area contributed by atoms with E-state index in [1.54, 1.807) is 0 Å². The molecule has 1 aromatic carbocycles. The van der Waals surface area contributed by atoms with Crippen LogP contribution in [0.5, 0.6) is 0 Å². The summed E-state index contributed by atoms with van der Waals surface area (Å²) in [6.07, 6.45) is 9.50. The highest BCUT2D eigenvalue weighted by molar-refractivity contribution is 7.45. The number of nitrogens with one attached hydrogen (secondary N) is 4. The zero-order valence-corrected chi connectivity index (χ0v) is 20.6. The summed E-state index contributed by atoms with van der Waals surface area (Å²) in [6.45, 7) is 11.0. The summed E-state index contributed by atoms with van der Waals surface area (Å²) in [5.41, 5.74) is 3.49. The van der Waals surface area contributed by atoms with E-state index in [9.17, 15) is 4.79 Å². The number of amides is 2. The van der Waals surface area contributed by atoms with E-state index in [0.717, 1.165) is 34.5 Å². The molecule has 2 amide bonds. The number of aliphatic imine (C=N–C) groups is 1. The van der Waals surface area contributed by atoms with Crippen molar-refractivity contribution in [1.82, 2.24) is 20.9 Å². The number of rotatable bonds is 9. The van der Waals surface area contributed by atoms with Gasteiger partial charge in [-0.1, -0.05) is 27.3 Å². The van der Waals surface area contributed by atoms with Crippen LogP contribution < -0.4 is 21.3 Å². The fraction of sp³-hybridized carbons (Fsp3) is 0.333. The van der Waals surface area contributed by atoms with E-state index >= 15 is 0 Å². The van der Waals surface area contributed by atoms with Gasteiger partial charge in [-0.2, -0.15) is 0 Å². The van der Waals surface area contributed by atoms with Crippen LogP contribution in [0.1, 0.15) is 32.4 Å². The molecular formula is C24H35N6OP. The number of allylic oxidation sites excluding steroid dienone is 4. The zero-order chi connectivity index (χ0) is 23.5. The number of hydrogen-bond acceptors (Lipinski definition) is 5. The minimum atomic E-state index is -0.271. The Morgan fingerprint density at radius 3 is 2.84 bits per heavy atom. The molecule has 0 radical (unpaired) electrons. The Labute approximate surface area is 193 Å². The first-order chi connectivity index (χ1) is 15.3. The highest BCUT2D eigenvalue weighted by Gasteiger charge is 2.18. The molecule has 1 aromatic rings. The minimum absolute atomic E-state index is 0.0914. The first-order valence-corrected chi connectivity index (χ1v) is 11.7. The second-order valence-electron chi connectivity index (χ2n) is 7.71. The molecule has 0 saturated heterocycles. The van der Waals surface area contributed by atoms with Gasteiger partial charge in [-0.3, -0.25) is 10.3 Å². The molecule has 172 valence electrons. The molecule has 3 atom stereocenters. The standard InChI is InChI=1S/C24H35N6OP/c1-7-25-15-22-19(4)32-23(16-26-22)28-18(3)20-11-8-12-21(14-20)29-24(31)27-17(2)10-9-13-30(5)6/h8-16,18,23,25,28,32H,4,7H2,1-3,5-6H3,(H2,27,29,31)/b13-9?,17-10+,22-15+. The molecule has 8 heteroatoms. The molecule has 0 bridgehead atoms. The Balaban J connectivity index is 1.94. The van der Waals surface area contributed by atoms with Gasteiger partial charge in [0.2, 0.25) is 0 Å². The minimum Gasteiger partial charge on any atom is -0.389 e. The highest BCUT2D eigenvalue weighted by atomic mass is 31.1. The molecule has 0 saturated carbocycles. The fourth-order valence-electron chi connectivity index (χ4n) is 2.93. The van der Waals surface area contributed by atoms with Crippen LogP contribution in [0, 0.1) is 0 Å². The third kappa shape index (κ3) is 8.69. The van der Waals surface area contributed by atoms with Crippen LogP contribution in [-0.2, 0) is 0 Å². The molecule has 2 rings (SSSR count). The molecule has 1 aliphatic heterocycles. The van der Waals surface area contributed by atoms with Gasteiger partial charge in [0, 0.05) is 50.5 Å². The number of urea groups is 1. The van der Waals surface area contributed by atoms with E-state index in [2.05, 4.69) is 46.7 Å². The lowest BCUT2D eigenvalue weighted by atomic mass is 10.1. The van der Waals surface area contributed by atoms with Gasteiger partial charge in [-0.25, -0.2) is 4.79 Å². The maximum Gasteiger partial charge on any atom is 0.323 e. The molecular weight excluding hydrogens is 419 g/mol. The van der Waals surface area contributed by atoms with Gasteiger partial charge in [-0.05, 0) is 62.1 Å². The van der Waals surface area contributed by atoms with Gasteiger partial charge in [0.1, 0.15) is 0 Å². The van der Waals surface area contributed by atoms with E-state index in [1.807, 2.05) is 81.0 Å². The lowest BCUT2D eigenvalue weighted by Gasteiger charge is -2.25. The summed E-state index contributed by atoms with van der Waals surface area (Å²) in [4.78, 5) is 18.8. The molecule has 32 heavy (non-hydrogen) atoms. The fourth-order valence-corrected chi connectivity index (χ4v) is 4.08. The molecule has 3 unspecified atom stereocenters. The summed E-state index contributed by atoms with van der Waals surface area (Å²) >= 11 is 0. The van der Waals surface area contributed by atoms with Crippen molar-refractivity contribution in [1.29, 1.82) is 0 Å². The lowest BCUT2D eigenvalue weighted by molar-refractivity contribution is 0.254. The van der Waals surface area contributed by atoms with Gasteiger partial charge in [0.05, 0.1) is 11.5 Å². The SMILES string of the molecule is C=C1PC(NC(C)c2cccc(NC(=O)N/C(C)=C/C=CN(C)C)c2)C=N/C1=C/NCC. The average molecular weight is 455 g/mol. The van der Waals surface area contributed by atoms with Gasteiger partial charge in [0.15, 0.2) is 0 Å². The van der Waals surface area contributed by atoms with Crippen molar-refractivity contribution >= 4 is 26.5 Å². The number of benzene rings is 1. The van der Waals surface area contributed by atoms with Crippen LogP contribution in [0.25, 0.3) is 0 Å². The van der Waals surface area contributed by atoms with Crippen LogP contribution in [0.2, 0.25) is 0 Å². The second kappa shape index (κ2) is 12.8. The second-order valence-corrected chi connectivity index (χ2v) is 9.23. The van der Waals surface area contributed by atoms with Crippen molar-refractivity contribution in [3.63, 3.8) is 0 Å². The van der Waals surface area contributed by atoms with Crippen molar-refractivity contribution in [2.45, 2.75) is 32.6 Å². The molecule has 0 aromatic heterocycles. The highest BCUT2D eigenvalue weighted by Crippen LogP contribution is 2.36. The van der Waals surface area contributed by atoms with Crippen LogP contribution in [-0.4, -0.2) is 43.6 Å². The molecule has 0 spiro atoms. The Hall–Kier alpha value is -2.89. The number of hydrogen-bond donors (Lipinski definition) is 4.